The molecule has 1 saturated heterocycles. The summed E-state index contributed by atoms with van der Waals surface area (Å²) in [6.45, 7) is 5.78. The van der Waals surface area contributed by atoms with E-state index in [2.05, 4.69) is 10.6 Å². The molecule has 3 aromatic rings. The molecule has 0 radical (unpaired) electrons. The number of likely N-dealkylation sites (N-methyl/N-ethyl adjacent to an activating group) is 1. The second-order valence-corrected chi connectivity index (χ2v) is 14.2. The summed E-state index contributed by atoms with van der Waals surface area (Å²) < 4.78 is 17.1. The van der Waals surface area contributed by atoms with Crippen LogP contribution in [0.3, 0.4) is 0 Å². The van der Waals surface area contributed by atoms with E-state index >= 15 is 0 Å². The number of rotatable bonds is 13. The van der Waals surface area contributed by atoms with E-state index in [1.54, 1.807) is 12.0 Å². The van der Waals surface area contributed by atoms with Gasteiger partial charge in [0.2, 0.25) is 11.8 Å². The van der Waals surface area contributed by atoms with E-state index in [0.29, 0.717) is 35.6 Å². The molecule has 2 fully saturated rings. The Morgan fingerprint density at radius 2 is 1.71 bits per heavy atom. The molecule has 5 rings (SSSR count). The van der Waals surface area contributed by atoms with Crippen LogP contribution in [0.2, 0.25) is 0 Å². The molecule has 2 heterocycles. The number of urea groups is 1. The normalized spacial score (nSPS) is 18.8. The molecule has 0 spiro atoms. The lowest BCUT2D eigenvalue weighted by Gasteiger charge is -2.36. The summed E-state index contributed by atoms with van der Waals surface area (Å²) in [6, 6.07) is 14.1. The van der Waals surface area contributed by atoms with Gasteiger partial charge in [-0.05, 0) is 37.3 Å². The Hall–Kier alpha value is -4.87. The largest absolute Gasteiger partial charge is 0.497 e. The Kier molecular flexibility index (Phi) is 13.0. The lowest BCUT2D eigenvalue weighted by molar-refractivity contribution is -0.145. The van der Waals surface area contributed by atoms with Crippen LogP contribution in [-0.2, 0) is 19.1 Å². The average molecular weight is 716 g/mol. The molecule has 0 bridgehead atoms. The predicted molar refractivity (Wildman–Crippen MR) is 199 cm³/mol. The molecule has 1 aliphatic carbocycles. The minimum atomic E-state index is -0.977. The summed E-state index contributed by atoms with van der Waals surface area (Å²) in [6.07, 6.45) is 5.76. The molecule has 12 nitrogen and oxygen atoms in total. The van der Waals surface area contributed by atoms with E-state index in [-0.39, 0.29) is 30.8 Å². The number of nitrogens with zero attached hydrogens (tertiary/aromatic N) is 3. The lowest BCUT2D eigenvalue weighted by atomic mass is 9.93. The van der Waals surface area contributed by atoms with Crippen LogP contribution < -0.4 is 20.1 Å². The number of nitrogens with one attached hydrogen (secondary N) is 2. The zero-order valence-electron chi connectivity index (χ0n) is 31.2. The first-order chi connectivity index (χ1) is 25.0. The molecule has 280 valence electrons. The van der Waals surface area contributed by atoms with Gasteiger partial charge in [0.05, 0.1) is 32.0 Å². The highest BCUT2D eigenvalue weighted by molar-refractivity contribution is 5.93. The number of aromatic nitrogens is 1. The van der Waals surface area contributed by atoms with Crippen molar-refractivity contribution in [3.8, 4) is 22.8 Å². The molecule has 12 heteroatoms. The van der Waals surface area contributed by atoms with Crippen LogP contribution in [0, 0.1) is 5.92 Å². The number of carbonyl (C=O) groups excluding carboxylic acids is 4. The van der Waals surface area contributed by atoms with Crippen LogP contribution in [0.15, 0.2) is 54.6 Å². The topological polar surface area (TPSA) is 139 Å². The van der Waals surface area contributed by atoms with Crippen molar-refractivity contribution >= 4 is 34.7 Å². The molecule has 4 amide bonds. The monoisotopic (exact) mass is 715 g/mol. The van der Waals surface area contributed by atoms with E-state index in [1.165, 1.54) is 12.0 Å². The first kappa shape index (κ1) is 38.4. The third-order valence-electron chi connectivity index (χ3n) is 10.2. The van der Waals surface area contributed by atoms with Gasteiger partial charge in [-0.2, -0.15) is 0 Å². The molecule has 1 saturated carbocycles. The number of hydrogen-bond donors (Lipinski definition) is 2. The van der Waals surface area contributed by atoms with Gasteiger partial charge in [-0.25, -0.2) is 14.6 Å². The van der Waals surface area contributed by atoms with Gasteiger partial charge >= 0.3 is 12.0 Å². The van der Waals surface area contributed by atoms with Gasteiger partial charge in [0.1, 0.15) is 35.7 Å². The van der Waals surface area contributed by atoms with Crippen molar-refractivity contribution in [1.29, 1.82) is 0 Å². The van der Waals surface area contributed by atoms with Crippen molar-refractivity contribution in [2.75, 3.05) is 27.8 Å². The van der Waals surface area contributed by atoms with Crippen molar-refractivity contribution in [2.45, 2.75) is 102 Å². The molecular weight excluding hydrogens is 662 g/mol. The zero-order valence-corrected chi connectivity index (χ0v) is 31.2. The summed E-state index contributed by atoms with van der Waals surface area (Å²) in [7, 11) is 4.69. The standard InChI is InChI=1S/C40H53N5O7/c1-7-14-31(39(48)51-6)42-37(46)34-22-29(24-45(34)40(49)43-36(25(2)3)38(47)44(4)27-17-12-9-13-18-27)52-35-23-32(26-15-10-8-11-16-26)41-33-21-28(50-5)19-20-30(33)35/h8,10-11,15-16,19-21,23,25,27,29,31,34,36H,7,9,12-14,17-18,22,24H2,1-6H3,(H,42,46)(H,43,49)/t29-,31?,34+,36?/m1/s1. The number of ether oxygens (including phenoxy) is 3. The van der Waals surface area contributed by atoms with Crippen LogP contribution in [0.5, 0.6) is 11.5 Å². The third-order valence-corrected chi connectivity index (χ3v) is 10.2. The van der Waals surface area contributed by atoms with Gasteiger partial charge in [-0.15, -0.1) is 0 Å². The number of methoxy groups -OCH3 is 2. The number of likely N-dealkylation sites (tertiary alicyclic amines) is 1. The fourth-order valence-corrected chi connectivity index (χ4v) is 7.24. The average Bonchev–Trinajstić information content (AvgIpc) is 3.60. The summed E-state index contributed by atoms with van der Waals surface area (Å²) >= 11 is 0. The Bertz CT molecular complexity index is 1710. The Morgan fingerprint density at radius 3 is 2.37 bits per heavy atom. The molecule has 1 aromatic heterocycles. The Balaban J connectivity index is 1.44. The molecule has 2 unspecified atom stereocenters. The van der Waals surface area contributed by atoms with Crippen molar-refractivity contribution < 1.29 is 33.4 Å². The highest BCUT2D eigenvalue weighted by Gasteiger charge is 2.43. The van der Waals surface area contributed by atoms with Gasteiger partial charge in [0.15, 0.2) is 0 Å². The SMILES string of the molecule is CCCC(NC(=O)[C@@H]1C[C@@H](Oc2cc(-c3ccccc3)nc3cc(OC)ccc23)CN1C(=O)NC(C(=O)N(C)C1CCCCC1)C(C)C)C(=O)OC. The molecule has 2 N–H and O–H groups in total. The number of carbonyl (C=O) groups is 4. The lowest BCUT2D eigenvalue weighted by Crippen LogP contribution is -2.58. The summed E-state index contributed by atoms with van der Waals surface area (Å²) in [5.41, 5.74) is 2.26. The smallest absolute Gasteiger partial charge is 0.328 e. The van der Waals surface area contributed by atoms with Crippen LogP contribution in [0.1, 0.15) is 72.1 Å². The molecule has 2 aromatic carbocycles. The van der Waals surface area contributed by atoms with Crippen molar-refractivity contribution in [3.05, 3.63) is 54.6 Å². The Labute approximate surface area is 306 Å². The first-order valence-corrected chi connectivity index (χ1v) is 18.5. The minimum Gasteiger partial charge on any atom is -0.497 e. The number of benzene rings is 2. The highest BCUT2D eigenvalue weighted by Crippen LogP contribution is 2.35. The summed E-state index contributed by atoms with van der Waals surface area (Å²) in [4.78, 5) is 62.6. The van der Waals surface area contributed by atoms with E-state index < -0.39 is 42.1 Å². The fraction of sp³-hybridized carbons (Fsp3) is 0.525. The van der Waals surface area contributed by atoms with Gasteiger partial charge in [-0.3, -0.25) is 9.59 Å². The minimum absolute atomic E-state index is 0.0682. The summed E-state index contributed by atoms with van der Waals surface area (Å²) in [5.74, 6) is -0.210. The van der Waals surface area contributed by atoms with Gasteiger partial charge in [-0.1, -0.05) is 76.8 Å². The molecule has 4 atom stereocenters. The fourth-order valence-electron chi connectivity index (χ4n) is 7.24. The maximum absolute atomic E-state index is 14.2. The highest BCUT2D eigenvalue weighted by atomic mass is 16.5. The number of amides is 4. The summed E-state index contributed by atoms with van der Waals surface area (Å²) in [5, 5.41) is 6.55. The van der Waals surface area contributed by atoms with E-state index in [1.807, 2.05) is 82.4 Å². The number of hydrogen-bond acceptors (Lipinski definition) is 8. The van der Waals surface area contributed by atoms with Crippen LogP contribution in [-0.4, -0.2) is 96.7 Å². The first-order valence-electron chi connectivity index (χ1n) is 18.5. The molecule has 2 aliphatic rings. The number of esters is 1. The third kappa shape index (κ3) is 8.94. The van der Waals surface area contributed by atoms with Crippen molar-refractivity contribution in [2.24, 2.45) is 5.92 Å². The maximum atomic E-state index is 14.2. The van der Waals surface area contributed by atoms with Gasteiger partial charge in [0.25, 0.3) is 0 Å². The molecule has 52 heavy (non-hydrogen) atoms. The number of pyridine rings is 1. The van der Waals surface area contributed by atoms with Gasteiger partial charge < -0.3 is 34.6 Å². The second-order valence-electron chi connectivity index (χ2n) is 14.2. The predicted octanol–water partition coefficient (Wildman–Crippen LogP) is 5.72. The van der Waals surface area contributed by atoms with Gasteiger partial charge in [0, 0.05) is 42.6 Å². The number of fused-ring (bicyclic) bond motifs is 1. The van der Waals surface area contributed by atoms with Crippen molar-refractivity contribution in [3.63, 3.8) is 0 Å². The van der Waals surface area contributed by atoms with Crippen LogP contribution >= 0.6 is 0 Å². The van der Waals surface area contributed by atoms with Crippen LogP contribution in [0.4, 0.5) is 4.79 Å². The Morgan fingerprint density at radius 1 is 0.981 bits per heavy atom. The zero-order chi connectivity index (χ0) is 37.4. The quantitative estimate of drug-likeness (QED) is 0.215. The van der Waals surface area contributed by atoms with E-state index in [4.69, 9.17) is 19.2 Å². The van der Waals surface area contributed by atoms with Crippen LogP contribution in [0.25, 0.3) is 22.2 Å². The molecular formula is C40H53N5O7. The van der Waals surface area contributed by atoms with E-state index in [0.717, 1.165) is 43.1 Å². The maximum Gasteiger partial charge on any atom is 0.328 e. The molecule has 1 aliphatic heterocycles. The van der Waals surface area contributed by atoms with E-state index in [9.17, 15) is 19.2 Å². The second kappa shape index (κ2) is 17.6. The van der Waals surface area contributed by atoms with Crippen molar-refractivity contribution in [1.82, 2.24) is 25.4 Å².